The maximum Gasteiger partial charge on any atom is 0.229 e. The van der Waals surface area contributed by atoms with Gasteiger partial charge in [-0.3, -0.25) is 14.2 Å². The van der Waals surface area contributed by atoms with Gasteiger partial charge in [0.25, 0.3) is 0 Å². The Labute approximate surface area is 154 Å². The first-order chi connectivity index (χ1) is 13.1. The number of benzene rings is 1. The number of anilines is 2. The molecule has 1 atom stereocenters. The number of hydrogen-bond acceptors (Lipinski definition) is 4. The molecule has 0 radical (unpaired) electrons. The van der Waals surface area contributed by atoms with E-state index in [1.165, 1.54) is 17.0 Å². The van der Waals surface area contributed by atoms with Gasteiger partial charge in [-0.1, -0.05) is 12.1 Å². The molecule has 1 N–H and O–H groups in total. The van der Waals surface area contributed by atoms with E-state index in [2.05, 4.69) is 15.3 Å². The molecular weight excluding hydrogens is 349 g/mol. The van der Waals surface area contributed by atoms with Crippen molar-refractivity contribution in [2.45, 2.75) is 6.42 Å². The van der Waals surface area contributed by atoms with Gasteiger partial charge in [0.1, 0.15) is 18.0 Å². The number of halogens is 1. The molecule has 0 spiro atoms. The van der Waals surface area contributed by atoms with Gasteiger partial charge in [-0.05, 0) is 24.3 Å². The van der Waals surface area contributed by atoms with E-state index in [1.54, 1.807) is 53.8 Å². The predicted octanol–water partition coefficient (Wildman–Crippen LogP) is 2.40. The highest BCUT2D eigenvalue weighted by Gasteiger charge is 2.36. The van der Waals surface area contributed by atoms with Gasteiger partial charge in [-0.25, -0.2) is 14.4 Å². The topological polar surface area (TPSA) is 80.1 Å². The van der Waals surface area contributed by atoms with Crippen LogP contribution in [0.3, 0.4) is 0 Å². The minimum absolute atomic E-state index is 0.0424. The summed E-state index contributed by atoms with van der Waals surface area (Å²) >= 11 is 0. The molecule has 1 unspecified atom stereocenters. The van der Waals surface area contributed by atoms with Gasteiger partial charge in [-0.2, -0.15) is 0 Å². The van der Waals surface area contributed by atoms with Crippen LogP contribution in [-0.4, -0.2) is 32.9 Å². The van der Waals surface area contributed by atoms with Crippen molar-refractivity contribution in [2.24, 2.45) is 5.92 Å². The summed E-state index contributed by atoms with van der Waals surface area (Å²) in [5.74, 6) is -0.919. The van der Waals surface area contributed by atoms with Crippen LogP contribution in [-0.2, 0) is 9.59 Å². The fourth-order valence-corrected chi connectivity index (χ4v) is 3.04. The molecule has 3 heterocycles. The van der Waals surface area contributed by atoms with Gasteiger partial charge >= 0.3 is 0 Å². The van der Waals surface area contributed by atoms with Gasteiger partial charge in [0, 0.05) is 25.4 Å². The Morgan fingerprint density at radius 3 is 2.78 bits per heavy atom. The first-order valence-corrected chi connectivity index (χ1v) is 8.42. The van der Waals surface area contributed by atoms with Crippen LogP contribution in [0.5, 0.6) is 0 Å². The molecule has 0 aliphatic carbocycles. The second kappa shape index (κ2) is 6.99. The van der Waals surface area contributed by atoms with Crippen LogP contribution in [0.1, 0.15) is 6.42 Å². The molecule has 1 aromatic carbocycles. The Morgan fingerprint density at radius 1 is 1.22 bits per heavy atom. The van der Waals surface area contributed by atoms with Gasteiger partial charge in [0.05, 0.1) is 23.5 Å². The van der Waals surface area contributed by atoms with Crippen molar-refractivity contribution >= 4 is 23.2 Å². The van der Waals surface area contributed by atoms with Crippen LogP contribution in [0.15, 0.2) is 61.3 Å². The highest BCUT2D eigenvalue weighted by atomic mass is 19.1. The second-order valence-electron chi connectivity index (χ2n) is 6.22. The number of nitrogens with one attached hydrogen (secondary N) is 1. The van der Waals surface area contributed by atoms with Crippen molar-refractivity contribution in [3.05, 3.63) is 67.1 Å². The van der Waals surface area contributed by atoms with E-state index < -0.39 is 11.7 Å². The number of para-hydroxylation sites is 1. The van der Waals surface area contributed by atoms with E-state index in [9.17, 15) is 14.0 Å². The number of pyridine rings is 1. The number of nitrogens with zero attached hydrogens (tertiary/aromatic N) is 4. The van der Waals surface area contributed by atoms with Crippen LogP contribution in [0, 0.1) is 11.7 Å². The highest BCUT2D eigenvalue weighted by molar-refractivity contribution is 6.03. The molecule has 0 saturated carbocycles. The van der Waals surface area contributed by atoms with E-state index in [4.69, 9.17) is 0 Å². The summed E-state index contributed by atoms with van der Waals surface area (Å²) in [5.41, 5.74) is 0.727. The lowest BCUT2D eigenvalue weighted by molar-refractivity contribution is -0.122. The van der Waals surface area contributed by atoms with Crippen LogP contribution in [0.4, 0.5) is 15.8 Å². The third kappa shape index (κ3) is 3.41. The summed E-state index contributed by atoms with van der Waals surface area (Å²) in [5, 5.41) is 2.76. The van der Waals surface area contributed by atoms with Crippen molar-refractivity contribution < 1.29 is 14.0 Å². The molecule has 136 valence electrons. The molecule has 1 fully saturated rings. The minimum Gasteiger partial charge on any atom is -0.324 e. The maximum atomic E-state index is 13.9. The average Bonchev–Trinajstić information content (AvgIpc) is 3.33. The molecule has 27 heavy (non-hydrogen) atoms. The molecule has 1 saturated heterocycles. The first-order valence-electron chi connectivity index (χ1n) is 8.42. The number of carbonyl (C=O) groups excluding carboxylic acids is 2. The normalized spacial score (nSPS) is 16.6. The SMILES string of the molecule is O=C(Nc1ccc(-n2ccnc2)nc1)C1CC(=O)N(c2ccccc2F)C1. The molecular formula is C19H16FN5O2. The molecule has 4 rings (SSSR count). The summed E-state index contributed by atoms with van der Waals surface area (Å²) < 4.78 is 15.7. The Morgan fingerprint density at radius 2 is 2.07 bits per heavy atom. The first kappa shape index (κ1) is 16.9. The Hall–Kier alpha value is -3.55. The smallest absolute Gasteiger partial charge is 0.229 e. The van der Waals surface area contributed by atoms with Gasteiger partial charge in [0.2, 0.25) is 11.8 Å². The number of aromatic nitrogens is 3. The standard InChI is InChI=1S/C19H16FN5O2/c20-15-3-1-2-4-16(15)25-11-13(9-18(25)26)19(27)23-14-5-6-17(22-10-14)24-8-7-21-12-24/h1-8,10,12-13H,9,11H2,(H,23,27). The lowest BCUT2D eigenvalue weighted by Crippen LogP contribution is -2.28. The van der Waals surface area contributed by atoms with Crippen molar-refractivity contribution in [1.82, 2.24) is 14.5 Å². The van der Waals surface area contributed by atoms with E-state index in [1.807, 2.05) is 0 Å². The number of hydrogen-bond donors (Lipinski definition) is 1. The fourth-order valence-electron chi connectivity index (χ4n) is 3.04. The number of imidazole rings is 1. The summed E-state index contributed by atoms with van der Waals surface area (Å²) in [6, 6.07) is 9.53. The largest absolute Gasteiger partial charge is 0.324 e. The van der Waals surface area contributed by atoms with Crippen LogP contribution in [0.2, 0.25) is 0 Å². The molecule has 7 nitrogen and oxygen atoms in total. The van der Waals surface area contributed by atoms with Gasteiger partial charge in [0.15, 0.2) is 0 Å². The number of amides is 2. The van der Waals surface area contributed by atoms with Crippen molar-refractivity contribution in [2.75, 3.05) is 16.8 Å². The van der Waals surface area contributed by atoms with E-state index in [0.717, 1.165) is 0 Å². The number of rotatable bonds is 4. The maximum absolute atomic E-state index is 13.9. The predicted molar refractivity (Wildman–Crippen MR) is 96.8 cm³/mol. The van der Waals surface area contributed by atoms with E-state index >= 15 is 0 Å². The van der Waals surface area contributed by atoms with Crippen molar-refractivity contribution in [3.8, 4) is 5.82 Å². The zero-order valence-corrected chi connectivity index (χ0v) is 14.2. The quantitative estimate of drug-likeness (QED) is 0.770. The molecule has 2 aromatic heterocycles. The second-order valence-corrected chi connectivity index (χ2v) is 6.22. The molecule has 0 bridgehead atoms. The minimum atomic E-state index is -0.551. The van der Waals surface area contributed by atoms with Crippen molar-refractivity contribution in [3.63, 3.8) is 0 Å². The van der Waals surface area contributed by atoms with E-state index in [0.29, 0.717) is 11.5 Å². The summed E-state index contributed by atoms with van der Waals surface area (Å²) in [6.07, 6.45) is 6.62. The molecule has 1 aliphatic rings. The summed E-state index contributed by atoms with van der Waals surface area (Å²) in [4.78, 5) is 34.3. The molecule has 2 amide bonds. The fraction of sp³-hybridized carbons (Fsp3) is 0.158. The van der Waals surface area contributed by atoms with Crippen molar-refractivity contribution in [1.29, 1.82) is 0 Å². The molecule has 3 aromatic rings. The monoisotopic (exact) mass is 365 g/mol. The Kier molecular flexibility index (Phi) is 4.37. The lowest BCUT2D eigenvalue weighted by Gasteiger charge is -2.17. The van der Waals surface area contributed by atoms with Gasteiger partial charge < -0.3 is 10.2 Å². The van der Waals surface area contributed by atoms with Gasteiger partial charge in [-0.15, -0.1) is 0 Å². The highest BCUT2D eigenvalue weighted by Crippen LogP contribution is 2.28. The Bertz CT molecular complexity index is 972. The van der Waals surface area contributed by atoms with Crippen LogP contribution in [0.25, 0.3) is 5.82 Å². The average molecular weight is 365 g/mol. The van der Waals surface area contributed by atoms with E-state index in [-0.39, 0.29) is 30.5 Å². The zero-order chi connectivity index (χ0) is 18.8. The number of carbonyl (C=O) groups is 2. The molecule has 1 aliphatic heterocycles. The third-order valence-corrected chi connectivity index (χ3v) is 4.42. The summed E-state index contributed by atoms with van der Waals surface area (Å²) in [6.45, 7) is 0.145. The Balaban J connectivity index is 1.43. The van der Waals surface area contributed by atoms with Crippen LogP contribution < -0.4 is 10.2 Å². The summed E-state index contributed by atoms with van der Waals surface area (Å²) in [7, 11) is 0. The zero-order valence-electron chi connectivity index (χ0n) is 14.2. The van der Waals surface area contributed by atoms with Crippen LogP contribution >= 0.6 is 0 Å². The molecule has 8 heteroatoms. The lowest BCUT2D eigenvalue weighted by atomic mass is 10.1. The third-order valence-electron chi connectivity index (χ3n) is 4.42.